The van der Waals surface area contributed by atoms with Gasteiger partial charge in [-0.3, -0.25) is 9.59 Å². The minimum Gasteiger partial charge on any atom is -0.353 e. The van der Waals surface area contributed by atoms with Crippen molar-refractivity contribution in [2.75, 3.05) is 13.1 Å². The molecule has 0 bridgehead atoms. The van der Waals surface area contributed by atoms with Gasteiger partial charge in [-0.05, 0) is 48.6 Å². The molecule has 1 aromatic rings. The fourth-order valence-electron chi connectivity index (χ4n) is 2.65. The van der Waals surface area contributed by atoms with Crippen LogP contribution in [0.4, 0.5) is 0 Å². The maximum absolute atomic E-state index is 12.3. The van der Waals surface area contributed by atoms with E-state index in [-0.39, 0.29) is 23.8 Å². The van der Waals surface area contributed by atoms with Crippen LogP contribution in [0.15, 0.2) is 16.8 Å². The molecule has 1 N–H and O–H groups in total. The van der Waals surface area contributed by atoms with E-state index in [4.69, 9.17) is 0 Å². The molecule has 0 aromatic carbocycles. The molecule has 1 aliphatic heterocycles. The second-order valence-corrected chi connectivity index (χ2v) is 6.33. The zero-order chi connectivity index (χ0) is 14.5. The number of piperidine rings is 1. The van der Waals surface area contributed by atoms with Crippen LogP contribution in [-0.2, 0) is 16.0 Å². The Balaban J connectivity index is 1.83. The quantitative estimate of drug-likeness (QED) is 0.924. The van der Waals surface area contributed by atoms with Gasteiger partial charge in [0.25, 0.3) is 0 Å². The van der Waals surface area contributed by atoms with Crippen molar-refractivity contribution in [3.05, 3.63) is 22.4 Å². The maximum Gasteiger partial charge on any atom is 0.225 e. The lowest BCUT2D eigenvalue weighted by Crippen LogP contribution is -2.46. The third-order valence-corrected chi connectivity index (χ3v) is 4.48. The summed E-state index contributed by atoms with van der Waals surface area (Å²) in [6.45, 7) is 4.94. The number of hydrogen-bond donors (Lipinski definition) is 1. The van der Waals surface area contributed by atoms with Gasteiger partial charge in [0.05, 0.1) is 5.92 Å². The number of likely N-dealkylation sites (tertiary alicyclic amines) is 1. The Bertz CT molecular complexity index is 458. The first-order chi connectivity index (χ1) is 9.56. The van der Waals surface area contributed by atoms with Crippen molar-refractivity contribution < 1.29 is 9.59 Å². The smallest absolute Gasteiger partial charge is 0.225 e. The molecule has 110 valence electrons. The summed E-state index contributed by atoms with van der Waals surface area (Å²) >= 11 is 1.68. The first kappa shape index (κ1) is 15.0. The molecule has 20 heavy (non-hydrogen) atoms. The molecular formula is C15H22N2O2S. The molecule has 1 aliphatic rings. The first-order valence-electron chi connectivity index (χ1n) is 7.13. The molecule has 2 heterocycles. The highest BCUT2D eigenvalue weighted by Crippen LogP contribution is 2.17. The van der Waals surface area contributed by atoms with Gasteiger partial charge in [-0.2, -0.15) is 11.3 Å². The van der Waals surface area contributed by atoms with Gasteiger partial charge in [-0.15, -0.1) is 0 Å². The maximum atomic E-state index is 12.3. The van der Waals surface area contributed by atoms with Crippen molar-refractivity contribution in [1.82, 2.24) is 10.2 Å². The normalized spacial score (nSPS) is 20.5. The second kappa shape index (κ2) is 6.88. The summed E-state index contributed by atoms with van der Waals surface area (Å²) in [5, 5.41) is 7.24. The molecule has 0 unspecified atom stereocenters. The van der Waals surface area contributed by atoms with Crippen LogP contribution in [0.25, 0.3) is 0 Å². The molecule has 5 heteroatoms. The van der Waals surface area contributed by atoms with Crippen molar-refractivity contribution in [1.29, 1.82) is 0 Å². The summed E-state index contributed by atoms with van der Waals surface area (Å²) in [5.74, 6) is 0.0880. The molecule has 2 amide bonds. The molecule has 2 atom stereocenters. The van der Waals surface area contributed by atoms with Crippen LogP contribution in [0.5, 0.6) is 0 Å². The SMILES string of the molecule is CC(=O)N1CCC[C@H](C(=O)N[C@H](C)Cc2ccsc2)C1. The summed E-state index contributed by atoms with van der Waals surface area (Å²) in [5.41, 5.74) is 1.26. The molecule has 0 radical (unpaired) electrons. The summed E-state index contributed by atoms with van der Waals surface area (Å²) in [4.78, 5) is 25.4. The average Bonchev–Trinajstić information content (AvgIpc) is 2.91. The van der Waals surface area contributed by atoms with Gasteiger partial charge >= 0.3 is 0 Å². The summed E-state index contributed by atoms with van der Waals surface area (Å²) < 4.78 is 0. The van der Waals surface area contributed by atoms with Crippen LogP contribution in [-0.4, -0.2) is 35.8 Å². The third-order valence-electron chi connectivity index (χ3n) is 3.75. The second-order valence-electron chi connectivity index (χ2n) is 5.55. The zero-order valence-corrected chi connectivity index (χ0v) is 12.9. The van der Waals surface area contributed by atoms with E-state index in [1.165, 1.54) is 5.56 Å². The Kier molecular flexibility index (Phi) is 5.17. The van der Waals surface area contributed by atoms with E-state index in [9.17, 15) is 9.59 Å². The van der Waals surface area contributed by atoms with Gasteiger partial charge in [0, 0.05) is 26.1 Å². The number of amides is 2. The predicted octanol–water partition coefficient (Wildman–Crippen LogP) is 2.05. The number of rotatable bonds is 4. The lowest BCUT2D eigenvalue weighted by atomic mass is 9.96. The van der Waals surface area contributed by atoms with E-state index < -0.39 is 0 Å². The van der Waals surface area contributed by atoms with Crippen LogP contribution in [0, 0.1) is 5.92 Å². The van der Waals surface area contributed by atoms with Crippen molar-refractivity contribution in [2.24, 2.45) is 5.92 Å². The standard InChI is InChI=1S/C15H22N2O2S/c1-11(8-13-5-7-20-10-13)16-15(19)14-4-3-6-17(9-14)12(2)18/h5,7,10-11,14H,3-4,6,8-9H2,1-2H3,(H,16,19)/t11-,14+/m1/s1. The predicted molar refractivity (Wildman–Crippen MR) is 80.6 cm³/mol. The van der Waals surface area contributed by atoms with Gasteiger partial charge in [-0.25, -0.2) is 0 Å². The lowest BCUT2D eigenvalue weighted by molar-refractivity contribution is -0.134. The highest BCUT2D eigenvalue weighted by atomic mass is 32.1. The molecule has 1 aromatic heterocycles. The summed E-state index contributed by atoms with van der Waals surface area (Å²) in [6.07, 6.45) is 2.65. The molecule has 0 spiro atoms. The van der Waals surface area contributed by atoms with Crippen LogP contribution in [0.3, 0.4) is 0 Å². The van der Waals surface area contributed by atoms with Crippen molar-refractivity contribution >= 4 is 23.2 Å². The number of thiophene rings is 1. The van der Waals surface area contributed by atoms with Crippen molar-refractivity contribution in [3.63, 3.8) is 0 Å². The van der Waals surface area contributed by atoms with Crippen LogP contribution < -0.4 is 5.32 Å². The topological polar surface area (TPSA) is 49.4 Å². The van der Waals surface area contributed by atoms with E-state index in [0.29, 0.717) is 6.54 Å². The van der Waals surface area contributed by atoms with E-state index in [1.54, 1.807) is 23.2 Å². The molecule has 4 nitrogen and oxygen atoms in total. The van der Waals surface area contributed by atoms with Crippen LogP contribution in [0.2, 0.25) is 0 Å². The first-order valence-corrected chi connectivity index (χ1v) is 8.07. The fraction of sp³-hybridized carbons (Fsp3) is 0.600. The molecule has 1 saturated heterocycles. The highest BCUT2D eigenvalue weighted by molar-refractivity contribution is 7.07. The van der Waals surface area contributed by atoms with Crippen LogP contribution >= 0.6 is 11.3 Å². The summed E-state index contributed by atoms with van der Waals surface area (Å²) in [6, 6.07) is 2.22. The highest BCUT2D eigenvalue weighted by Gasteiger charge is 2.27. The molecule has 0 aliphatic carbocycles. The number of hydrogen-bond acceptors (Lipinski definition) is 3. The largest absolute Gasteiger partial charge is 0.353 e. The third kappa shape index (κ3) is 4.07. The van der Waals surface area contributed by atoms with Gasteiger partial charge in [0.15, 0.2) is 0 Å². The lowest BCUT2D eigenvalue weighted by Gasteiger charge is -2.31. The van der Waals surface area contributed by atoms with Gasteiger partial charge in [-0.1, -0.05) is 0 Å². The van der Waals surface area contributed by atoms with E-state index >= 15 is 0 Å². The van der Waals surface area contributed by atoms with Gasteiger partial charge in [0.2, 0.25) is 11.8 Å². The number of carbonyl (C=O) groups is 2. The molecule has 0 saturated carbocycles. The fourth-order valence-corrected chi connectivity index (χ4v) is 3.33. The Morgan fingerprint density at radius 3 is 3.00 bits per heavy atom. The Hall–Kier alpha value is -1.36. The van der Waals surface area contributed by atoms with E-state index in [0.717, 1.165) is 25.8 Å². The number of nitrogens with zero attached hydrogens (tertiary/aromatic N) is 1. The Labute approximate surface area is 124 Å². The monoisotopic (exact) mass is 294 g/mol. The van der Waals surface area contributed by atoms with Gasteiger partial charge in [0.1, 0.15) is 0 Å². The van der Waals surface area contributed by atoms with E-state index in [2.05, 4.69) is 22.1 Å². The number of nitrogens with one attached hydrogen (secondary N) is 1. The number of carbonyl (C=O) groups excluding carboxylic acids is 2. The van der Waals surface area contributed by atoms with Crippen molar-refractivity contribution in [3.8, 4) is 0 Å². The minimum absolute atomic E-state index is 0.0578. The van der Waals surface area contributed by atoms with E-state index in [1.807, 2.05) is 6.92 Å². The molecular weight excluding hydrogens is 272 g/mol. The molecule has 1 fully saturated rings. The average molecular weight is 294 g/mol. The zero-order valence-electron chi connectivity index (χ0n) is 12.1. The van der Waals surface area contributed by atoms with Gasteiger partial charge < -0.3 is 10.2 Å². The van der Waals surface area contributed by atoms with Crippen LogP contribution in [0.1, 0.15) is 32.3 Å². The molecule has 2 rings (SSSR count). The Morgan fingerprint density at radius 1 is 1.55 bits per heavy atom. The van der Waals surface area contributed by atoms with Crippen molar-refractivity contribution in [2.45, 2.75) is 39.2 Å². The Morgan fingerprint density at radius 2 is 2.35 bits per heavy atom. The minimum atomic E-state index is -0.0578. The summed E-state index contributed by atoms with van der Waals surface area (Å²) in [7, 11) is 0.